The van der Waals surface area contributed by atoms with Crippen LogP contribution >= 0.6 is 0 Å². The van der Waals surface area contributed by atoms with E-state index in [1.54, 1.807) is 59.8 Å². The molecule has 2 heterocycles. The number of ether oxygens (including phenoxy) is 2. The van der Waals surface area contributed by atoms with Crippen LogP contribution in [0.4, 0.5) is 15.4 Å². The summed E-state index contributed by atoms with van der Waals surface area (Å²) in [7, 11) is 0. The van der Waals surface area contributed by atoms with Gasteiger partial charge in [0.05, 0.1) is 0 Å². The summed E-state index contributed by atoms with van der Waals surface area (Å²) in [6.45, 7) is 15.6. The molecule has 31 heavy (non-hydrogen) atoms. The van der Waals surface area contributed by atoms with Crippen LogP contribution in [0.25, 0.3) is 17.0 Å². The summed E-state index contributed by atoms with van der Waals surface area (Å²) < 4.78 is 16.2. The molecule has 0 aliphatic rings. The smallest absolute Gasteiger partial charge is 0.425 e. The van der Waals surface area contributed by atoms with Crippen molar-refractivity contribution in [3.8, 4) is 11.5 Å². The Morgan fingerprint density at radius 1 is 1.03 bits per heavy atom. The Hall–Kier alpha value is -3.49. The quantitative estimate of drug-likeness (QED) is 0.596. The molecule has 0 bridgehead atoms. The van der Waals surface area contributed by atoms with Crippen LogP contribution in [0.5, 0.6) is 0 Å². The van der Waals surface area contributed by atoms with E-state index in [-0.39, 0.29) is 17.3 Å². The second-order valence-electron chi connectivity index (χ2n) is 8.69. The number of nitrogens with zero attached hydrogens (tertiary/aromatic N) is 4. The molecule has 166 valence electrons. The molecule has 0 radical (unpaired) electrons. The normalized spacial score (nSPS) is 12.3. The van der Waals surface area contributed by atoms with Crippen molar-refractivity contribution >= 4 is 23.6 Å². The summed E-state index contributed by atoms with van der Waals surface area (Å²) in [4.78, 5) is 35.0. The number of rotatable bonds is 4. The average Bonchev–Trinajstić information content (AvgIpc) is 3.09. The standard InChI is InChI=1S/C22H28N4O5/c1-9-10-14(2)15-13-16(31-25-15)17-18(24-12-11-23-17)26(19(27)29-21(3,4)5)20(28)30-22(6,7)8/h9-13H,1H2,2-8H3/b14-10+. The van der Waals surface area contributed by atoms with Crippen molar-refractivity contribution in [2.75, 3.05) is 4.90 Å². The predicted octanol–water partition coefficient (Wildman–Crippen LogP) is 5.40. The van der Waals surface area contributed by atoms with Crippen LogP contribution in [0.3, 0.4) is 0 Å². The molecule has 9 heteroatoms. The molecule has 2 rings (SSSR count). The molecule has 0 saturated carbocycles. The molecule has 2 amide bonds. The Bertz CT molecular complexity index is 968. The SMILES string of the molecule is C=C/C=C(\C)c1cc(-c2nccnc2N(C(=O)OC(C)(C)C)C(=O)OC(C)(C)C)on1. The number of hydrogen-bond donors (Lipinski definition) is 0. The van der Waals surface area contributed by atoms with E-state index in [2.05, 4.69) is 21.7 Å². The highest BCUT2D eigenvalue weighted by molar-refractivity contribution is 6.10. The van der Waals surface area contributed by atoms with E-state index in [1.807, 2.05) is 6.92 Å². The van der Waals surface area contributed by atoms with E-state index in [1.165, 1.54) is 12.4 Å². The molecule has 0 N–H and O–H groups in total. The molecular weight excluding hydrogens is 400 g/mol. The first-order valence-electron chi connectivity index (χ1n) is 9.66. The number of aromatic nitrogens is 3. The van der Waals surface area contributed by atoms with Crippen LogP contribution in [-0.4, -0.2) is 38.5 Å². The van der Waals surface area contributed by atoms with E-state index >= 15 is 0 Å². The van der Waals surface area contributed by atoms with Crippen molar-refractivity contribution in [3.63, 3.8) is 0 Å². The third kappa shape index (κ3) is 6.50. The summed E-state index contributed by atoms with van der Waals surface area (Å²) in [6, 6.07) is 1.63. The van der Waals surface area contributed by atoms with Gasteiger partial charge in [0.1, 0.15) is 16.9 Å². The van der Waals surface area contributed by atoms with Crippen LogP contribution in [-0.2, 0) is 9.47 Å². The van der Waals surface area contributed by atoms with E-state index in [0.29, 0.717) is 10.6 Å². The summed E-state index contributed by atoms with van der Waals surface area (Å²) >= 11 is 0. The summed E-state index contributed by atoms with van der Waals surface area (Å²) in [5, 5.41) is 4.01. The van der Waals surface area contributed by atoms with Gasteiger partial charge in [-0.05, 0) is 54.0 Å². The highest BCUT2D eigenvalue weighted by Gasteiger charge is 2.36. The Balaban J connectivity index is 2.57. The fourth-order valence-electron chi connectivity index (χ4n) is 2.37. The van der Waals surface area contributed by atoms with E-state index in [4.69, 9.17) is 14.0 Å². The predicted molar refractivity (Wildman–Crippen MR) is 116 cm³/mol. The van der Waals surface area contributed by atoms with Crippen LogP contribution in [0, 0.1) is 0 Å². The molecule has 0 saturated heterocycles. The summed E-state index contributed by atoms with van der Waals surface area (Å²) in [5.74, 6) is 0.117. The molecule has 2 aromatic rings. The number of anilines is 1. The zero-order chi connectivity index (χ0) is 23.4. The number of hydrogen-bond acceptors (Lipinski definition) is 8. The van der Waals surface area contributed by atoms with E-state index in [0.717, 1.165) is 5.57 Å². The first-order valence-corrected chi connectivity index (χ1v) is 9.66. The maximum Gasteiger partial charge on any atom is 0.425 e. The third-order valence-electron chi connectivity index (χ3n) is 3.56. The molecule has 0 unspecified atom stereocenters. The molecule has 0 aromatic carbocycles. The van der Waals surface area contributed by atoms with Crippen molar-refractivity contribution in [1.82, 2.24) is 15.1 Å². The third-order valence-corrected chi connectivity index (χ3v) is 3.56. The van der Waals surface area contributed by atoms with Gasteiger partial charge in [0.15, 0.2) is 17.3 Å². The molecule has 0 aliphatic heterocycles. The molecule has 0 aliphatic carbocycles. The van der Waals surface area contributed by atoms with Gasteiger partial charge in [-0.3, -0.25) is 0 Å². The van der Waals surface area contributed by atoms with Crippen LogP contribution in [0.15, 0.2) is 41.7 Å². The number of amides is 2. The Morgan fingerprint density at radius 2 is 1.58 bits per heavy atom. The van der Waals surface area contributed by atoms with Crippen molar-refractivity contribution in [1.29, 1.82) is 0 Å². The lowest BCUT2D eigenvalue weighted by molar-refractivity contribution is 0.0429. The van der Waals surface area contributed by atoms with Gasteiger partial charge in [0, 0.05) is 18.5 Å². The highest BCUT2D eigenvalue weighted by atomic mass is 16.6. The minimum absolute atomic E-state index is 0.0981. The summed E-state index contributed by atoms with van der Waals surface area (Å²) in [6.07, 6.45) is 4.25. The number of allylic oxidation sites excluding steroid dienone is 3. The van der Waals surface area contributed by atoms with E-state index in [9.17, 15) is 9.59 Å². The number of carbonyl (C=O) groups is 2. The Morgan fingerprint density at radius 3 is 2.10 bits per heavy atom. The van der Waals surface area contributed by atoms with Crippen LogP contribution in [0.1, 0.15) is 54.2 Å². The van der Waals surface area contributed by atoms with Gasteiger partial charge in [-0.15, -0.1) is 0 Å². The maximum absolute atomic E-state index is 12.9. The van der Waals surface area contributed by atoms with Crippen molar-refractivity contribution < 1.29 is 23.6 Å². The lowest BCUT2D eigenvalue weighted by atomic mass is 10.2. The maximum atomic E-state index is 12.9. The first-order chi connectivity index (χ1) is 14.3. The largest absolute Gasteiger partial charge is 0.443 e. The summed E-state index contributed by atoms with van der Waals surface area (Å²) in [5.41, 5.74) is -0.221. The van der Waals surface area contributed by atoms with Crippen molar-refractivity contribution in [3.05, 3.63) is 42.9 Å². The van der Waals surface area contributed by atoms with Gasteiger partial charge in [-0.2, -0.15) is 4.90 Å². The van der Waals surface area contributed by atoms with E-state index < -0.39 is 23.4 Å². The Kier molecular flexibility index (Phi) is 6.99. The van der Waals surface area contributed by atoms with Crippen molar-refractivity contribution in [2.24, 2.45) is 0 Å². The zero-order valence-electron chi connectivity index (χ0n) is 18.9. The number of imide groups is 1. The van der Waals surface area contributed by atoms with Crippen LogP contribution in [0.2, 0.25) is 0 Å². The zero-order valence-corrected chi connectivity index (χ0v) is 18.9. The molecule has 0 fully saturated rings. The van der Waals surface area contributed by atoms with Gasteiger partial charge in [0.2, 0.25) is 0 Å². The average molecular weight is 428 g/mol. The monoisotopic (exact) mass is 428 g/mol. The van der Waals surface area contributed by atoms with Gasteiger partial charge in [-0.1, -0.05) is 23.9 Å². The minimum Gasteiger partial charge on any atom is -0.443 e. The lowest BCUT2D eigenvalue weighted by Gasteiger charge is -2.28. The molecule has 9 nitrogen and oxygen atoms in total. The van der Waals surface area contributed by atoms with Gasteiger partial charge in [-0.25, -0.2) is 19.6 Å². The molecular formula is C22H28N4O5. The van der Waals surface area contributed by atoms with Gasteiger partial charge >= 0.3 is 12.2 Å². The van der Waals surface area contributed by atoms with Crippen LogP contribution < -0.4 is 4.90 Å². The minimum atomic E-state index is -0.953. The van der Waals surface area contributed by atoms with Crippen molar-refractivity contribution in [2.45, 2.75) is 59.7 Å². The lowest BCUT2D eigenvalue weighted by Crippen LogP contribution is -2.44. The molecule has 0 atom stereocenters. The second kappa shape index (κ2) is 9.11. The Labute approximate surface area is 181 Å². The second-order valence-corrected chi connectivity index (χ2v) is 8.69. The molecule has 2 aromatic heterocycles. The van der Waals surface area contributed by atoms with Gasteiger partial charge in [0.25, 0.3) is 0 Å². The number of carbonyl (C=O) groups excluding carboxylic acids is 2. The highest BCUT2D eigenvalue weighted by Crippen LogP contribution is 2.31. The van der Waals surface area contributed by atoms with Gasteiger partial charge < -0.3 is 14.0 Å². The topological polar surface area (TPSA) is 108 Å². The first kappa shape index (κ1) is 23.8. The molecule has 0 spiro atoms. The fraction of sp³-hybridized carbons (Fsp3) is 0.409. The fourth-order valence-corrected chi connectivity index (χ4v) is 2.37.